The number of carboxylic acids is 1. The second kappa shape index (κ2) is 7.95. The van der Waals surface area contributed by atoms with E-state index in [1.807, 2.05) is 34.6 Å². The van der Waals surface area contributed by atoms with Crippen molar-refractivity contribution in [3.63, 3.8) is 0 Å². The Kier molecular flexibility index (Phi) is 7.39. The molecule has 0 radical (unpaired) electrons. The van der Waals surface area contributed by atoms with Crippen LogP contribution in [0.4, 0.5) is 4.79 Å². The first-order chi connectivity index (χ1) is 8.33. The first kappa shape index (κ1) is 16.7. The lowest BCUT2D eigenvalue weighted by Gasteiger charge is -2.30. The Bertz CT molecular complexity index is 279. The third-order valence-corrected chi connectivity index (χ3v) is 3.23. The number of carbonyl (C=O) groups excluding carboxylic acids is 1. The van der Waals surface area contributed by atoms with Crippen molar-refractivity contribution in [2.24, 2.45) is 5.92 Å². The van der Waals surface area contributed by atoms with Crippen LogP contribution in [0.2, 0.25) is 0 Å². The fourth-order valence-electron chi connectivity index (χ4n) is 1.76. The number of rotatable bonds is 7. The van der Waals surface area contributed by atoms with Crippen LogP contribution in [-0.4, -0.2) is 40.6 Å². The molecule has 5 heteroatoms. The minimum Gasteiger partial charge on any atom is -0.481 e. The molecule has 0 fully saturated rings. The van der Waals surface area contributed by atoms with Gasteiger partial charge < -0.3 is 15.3 Å². The molecule has 2 atom stereocenters. The molecule has 2 amide bonds. The Morgan fingerprint density at radius 1 is 1.22 bits per heavy atom. The molecule has 0 heterocycles. The zero-order valence-corrected chi connectivity index (χ0v) is 12.1. The zero-order valence-electron chi connectivity index (χ0n) is 12.1. The van der Waals surface area contributed by atoms with E-state index in [0.717, 1.165) is 6.42 Å². The highest BCUT2D eigenvalue weighted by atomic mass is 16.4. The lowest BCUT2D eigenvalue weighted by molar-refractivity contribution is -0.137. The van der Waals surface area contributed by atoms with Gasteiger partial charge in [0.2, 0.25) is 0 Å². The normalized spacial score (nSPS) is 14.1. The summed E-state index contributed by atoms with van der Waals surface area (Å²) in [7, 11) is 0. The maximum atomic E-state index is 12.1. The largest absolute Gasteiger partial charge is 0.481 e. The summed E-state index contributed by atoms with van der Waals surface area (Å²) in [6.07, 6.45) is 0.841. The number of amides is 2. The van der Waals surface area contributed by atoms with Gasteiger partial charge in [-0.15, -0.1) is 0 Å². The fourth-order valence-corrected chi connectivity index (χ4v) is 1.76. The van der Waals surface area contributed by atoms with Gasteiger partial charge in [0, 0.05) is 18.6 Å². The summed E-state index contributed by atoms with van der Waals surface area (Å²) < 4.78 is 0. The van der Waals surface area contributed by atoms with Gasteiger partial charge in [0.15, 0.2) is 0 Å². The summed E-state index contributed by atoms with van der Waals surface area (Å²) in [4.78, 5) is 24.6. The van der Waals surface area contributed by atoms with Crippen molar-refractivity contribution < 1.29 is 14.7 Å². The van der Waals surface area contributed by atoms with Crippen LogP contribution in [0.15, 0.2) is 0 Å². The molecule has 0 aromatic rings. The van der Waals surface area contributed by atoms with E-state index in [4.69, 9.17) is 5.11 Å². The number of urea groups is 1. The summed E-state index contributed by atoms with van der Waals surface area (Å²) in [5.74, 6) is -0.790. The summed E-state index contributed by atoms with van der Waals surface area (Å²) >= 11 is 0. The van der Waals surface area contributed by atoms with E-state index in [1.54, 1.807) is 4.90 Å². The average molecular weight is 258 g/mol. The quantitative estimate of drug-likeness (QED) is 0.736. The second-order valence-corrected chi connectivity index (χ2v) is 4.94. The maximum absolute atomic E-state index is 12.1. The van der Waals surface area contributed by atoms with Crippen molar-refractivity contribution in [2.75, 3.05) is 6.54 Å². The minimum atomic E-state index is -0.888. The molecule has 18 heavy (non-hydrogen) atoms. The number of nitrogens with one attached hydrogen (secondary N) is 1. The molecule has 0 aliphatic rings. The van der Waals surface area contributed by atoms with Crippen molar-refractivity contribution in [2.45, 2.75) is 59.5 Å². The van der Waals surface area contributed by atoms with Gasteiger partial charge in [0.25, 0.3) is 0 Å². The van der Waals surface area contributed by atoms with Gasteiger partial charge in [-0.2, -0.15) is 0 Å². The lowest BCUT2D eigenvalue weighted by atomic mass is 10.0. The molecule has 2 unspecified atom stereocenters. The molecule has 0 aromatic heterocycles. The molecule has 5 nitrogen and oxygen atoms in total. The number of nitrogens with zero attached hydrogens (tertiary/aromatic N) is 1. The van der Waals surface area contributed by atoms with Crippen molar-refractivity contribution in [3.05, 3.63) is 0 Å². The van der Waals surface area contributed by atoms with Crippen molar-refractivity contribution in [3.8, 4) is 0 Å². The van der Waals surface area contributed by atoms with E-state index < -0.39 is 5.97 Å². The van der Waals surface area contributed by atoms with Crippen LogP contribution >= 0.6 is 0 Å². The van der Waals surface area contributed by atoms with Crippen molar-refractivity contribution >= 4 is 12.0 Å². The molecular formula is C13H26N2O3. The Balaban J connectivity index is 4.61. The van der Waals surface area contributed by atoms with Crippen LogP contribution in [0.3, 0.4) is 0 Å². The molecule has 0 aliphatic carbocycles. The van der Waals surface area contributed by atoms with Gasteiger partial charge in [-0.1, -0.05) is 20.8 Å². The molecule has 0 aliphatic heterocycles. The highest BCUT2D eigenvalue weighted by Crippen LogP contribution is 2.09. The molecule has 0 saturated carbocycles. The van der Waals surface area contributed by atoms with Crippen LogP contribution in [0.1, 0.15) is 47.5 Å². The van der Waals surface area contributed by atoms with E-state index >= 15 is 0 Å². The Morgan fingerprint density at radius 3 is 2.11 bits per heavy atom. The van der Waals surface area contributed by atoms with Crippen LogP contribution in [-0.2, 0) is 4.79 Å². The standard InChI is InChI=1S/C13H26N2O3/c1-6-10(5)15(7-2)13(18)14-11(9(3)4)8-12(16)17/h9-11H,6-8H2,1-5H3,(H,14,18)(H,16,17). The molecule has 0 bridgehead atoms. The summed E-state index contributed by atoms with van der Waals surface area (Å²) in [5, 5.41) is 11.7. The monoisotopic (exact) mass is 258 g/mol. The van der Waals surface area contributed by atoms with E-state index in [2.05, 4.69) is 5.32 Å². The number of carbonyl (C=O) groups is 2. The molecule has 0 aromatic carbocycles. The summed E-state index contributed by atoms with van der Waals surface area (Å²) in [6.45, 7) is 10.4. The number of hydrogen-bond donors (Lipinski definition) is 2. The molecule has 0 saturated heterocycles. The third kappa shape index (κ3) is 5.38. The van der Waals surface area contributed by atoms with Crippen LogP contribution in [0, 0.1) is 5.92 Å². The van der Waals surface area contributed by atoms with E-state index in [1.165, 1.54) is 0 Å². The third-order valence-electron chi connectivity index (χ3n) is 3.23. The number of carboxylic acid groups (broad SMARTS) is 1. The van der Waals surface area contributed by atoms with Crippen molar-refractivity contribution in [1.29, 1.82) is 0 Å². The Labute approximate surface area is 110 Å². The average Bonchev–Trinajstić information content (AvgIpc) is 2.27. The van der Waals surface area contributed by atoms with Gasteiger partial charge in [-0.25, -0.2) is 4.79 Å². The van der Waals surface area contributed by atoms with Crippen molar-refractivity contribution in [1.82, 2.24) is 10.2 Å². The molecule has 2 N–H and O–H groups in total. The number of aliphatic carboxylic acids is 1. The molecule has 0 spiro atoms. The predicted octanol–water partition coefficient (Wildman–Crippen LogP) is 2.32. The maximum Gasteiger partial charge on any atom is 0.317 e. The minimum absolute atomic E-state index is 0.0402. The lowest BCUT2D eigenvalue weighted by Crippen LogP contribution is -2.50. The Morgan fingerprint density at radius 2 is 1.78 bits per heavy atom. The first-order valence-electron chi connectivity index (χ1n) is 6.62. The molecular weight excluding hydrogens is 232 g/mol. The van der Waals surface area contributed by atoms with Gasteiger partial charge in [-0.3, -0.25) is 4.79 Å². The predicted molar refractivity (Wildman–Crippen MR) is 71.5 cm³/mol. The van der Waals surface area contributed by atoms with Crippen LogP contribution in [0.5, 0.6) is 0 Å². The van der Waals surface area contributed by atoms with Gasteiger partial charge >= 0.3 is 12.0 Å². The van der Waals surface area contributed by atoms with Gasteiger partial charge in [-0.05, 0) is 26.2 Å². The van der Waals surface area contributed by atoms with Crippen LogP contribution in [0.25, 0.3) is 0 Å². The molecule has 0 rings (SSSR count). The fraction of sp³-hybridized carbons (Fsp3) is 0.846. The van der Waals surface area contributed by atoms with E-state index in [0.29, 0.717) is 6.54 Å². The Hall–Kier alpha value is -1.26. The van der Waals surface area contributed by atoms with Gasteiger partial charge in [0.05, 0.1) is 6.42 Å². The second-order valence-electron chi connectivity index (χ2n) is 4.94. The topological polar surface area (TPSA) is 69.6 Å². The summed E-state index contributed by atoms with van der Waals surface area (Å²) in [6, 6.07) is -0.340. The molecule has 106 valence electrons. The van der Waals surface area contributed by atoms with E-state index in [9.17, 15) is 9.59 Å². The highest BCUT2D eigenvalue weighted by molar-refractivity contribution is 5.76. The van der Waals surface area contributed by atoms with E-state index in [-0.39, 0.29) is 30.5 Å². The first-order valence-corrected chi connectivity index (χ1v) is 6.62. The van der Waals surface area contributed by atoms with Crippen LogP contribution < -0.4 is 5.32 Å². The highest BCUT2D eigenvalue weighted by Gasteiger charge is 2.23. The SMILES string of the molecule is CCC(C)N(CC)C(=O)NC(CC(=O)O)C(C)C. The number of hydrogen-bond acceptors (Lipinski definition) is 2. The smallest absolute Gasteiger partial charge is 0.317 e. The van der Waals surface area contributed by atoms with Gasteiger partial charge in [0.1, 0.15) is 0 Å². The zero-order chi connectivity index (χ0) is 14.3. The summed E-state index contributed by atoms with van der Waals surface area (Å²) in [5.41, 5.74) is 0.